The lowest BCUT2D eigenvalue weighted by molar-refractivity contribution is -0.113. The van der Waals surface area contributed by atoms with Gasteiger partial charge in [0.1, 0.15) is 11.1 Å². The first-order valence-electron chi connectivity index (χ1n) is 7.35. The van der Waals surface area contributed by atoms with Crippen LogP contribution in [0.3, 0.4) is 0 Å². The minimum Gasteiger partial charge on any atom is -0.384 e. The summed E-state index contributed by atoms with van der Waals surface area (Å²) in [6.45, 7) is 3.36. The molecule has 0 fully saturated rings. The maximum absolute atomic E-state index is 10.9. The summed E-state index contributed by atoms with van der Waals surface area (Å²) in [6.07, 6.45) is 7.87. The van der Waals surface area contributed by atoms with E-state index >= 15 is 0 Å². The molecule has 3 heterocycles. The van der Waals surface area contributed by atoms with E-state index in [0.29, 0.717) is 22.6 Å². The molecule has 4 N–H and O–H groups in total. The molecule has 0 unspecified atom stereocenters. The molecule has 0 atom stereocenters. The van der Waals surface area contributed by atoms with Gasteiger partial charge in [0.05, 0.1) is 17.6 Å². The van der Waals surface area contributed by atoms with E-state index < -0.39 is 11.5 Å². The van der Waals surface area contributed by atoms with Crippen molar-refractivity contribution in [1.29, 1.82) is 0 Å². The molecule has 0 spiro atoms. The molecule has 7 heteroatoms. The molecule has 0 saturated carbocycles. The number of amides is 1. The molecule has 0 radical (unpaired) electrons. The molecule has 24 heavy (non-hydrogen) atoms. The molecular formula is C17H17N5O2. The number of fused-ring (bicyclic) bond motifs is 1. The van der Waals surface area contributed by atoms with Gasteiger partial charge in [-0.1, -0.05) is 0 Å². The second kappa shape index (κ2) is 5.86. The second-order valence-electron chi connectivity index (χ2n) is 5.92. The van der Waals surface area contributed by atoms with Gasteiger partial charge in [-0.25, -0.2) is 9.97 Å². The Hall–Kier alpha value is -3.06. The Morgan fingerprint density at radius 3 is 2.71 bits per heavy atom. The van der Waals surface area contributed by atoms with Crippen LogP contribution in [0.25, 0.3) is 28.5 Å². The molecule has 1 amide bonds. The largest absolute Gasteiger partial charge is 0.384 e. The Bertz CT molecular complexity index is 920. The van der Waals surface area contributed by atoms with Gasteiger partial charge in [0.2, 0.25) is 5.91 Å². The second-order valence-corrected chi connectivity index (χ2v) is 5.92. The van der Waals surface area contributed by atoms with Crippen molar-refractivity contribution in [3.05, 3.63) is 48.1 Å². The van der Waals surface area contributed by atoms with Crippen molar-refractivity contribution < 1.29 is 9.90 Å². The van der Waals surface area contributed by atoms with Crippen LogP contribution >= 0.6 is 0 Å². The van der Waals surface area contributed by atoms with Crippen LogP contribution < -0.4 is 5.73 Å². The van der Waals surface area contributed by atoms with Crippen LogP contribution in [0.4, 0.5) is 0 Å². The number of aliphatic hydroxyl groups is 1. The molecule has 0 aliphatic rings. The van der Waals surface area contributed by atoms with E-state index in [1.807, 2.05) is 6.07 Å². The lowest BCUT2D eigenvalue weighted by Gasteiger charge is -2.16. The summed E-state index contributed by atoms with van der Waals surface area (Å²) in [7, 11) is 0. The maximum atomic E-state index is 10.9. The van der Waals surface area contributed by atoms with Crippen molar-refractivity contribution >= 4 is 23.1 Å². The molecule has 122 valence electrons. The van der Waals surface area contributed by atoms with Crippen LogP contribution in [0.5, 0.6) is 0 Å². The number of nitrogens with one attached hydrogen (secondary N) is 1. The van der Waals surface area contributed by atoms with Gasteiger partial charge < -0.3 is 15.8 Å². The van der Waals surface area contributed by atoms with Crippen LogP contribution in [0.1, 0.15) is 25.1 Å². The topological polar surface area (TPSA) is 118 Å². The van der Waals surface area contributed by atoms with Gasteiger partial charge in [0.15, 0.2) is 5.65 Å². The van der Waals surface area contributed by atoms with Gasteiger partial charge in [-0.2, -0.15) is 0 Å². The molecule has 3 rings (SSSR count). The van der Waals surface area contributed by atoms with Crippen LogP contribution in [-0.4, -0.2) is 30.9 Å². The number of pyridine rings is 1. The molecule has 0 aliphatic heterocycles. The van der Waals surface area contributed by atoms with Crippen LogP contribution in [-0.2, 0) is 10.4 Å². The highest BCUT2D eigenvalue weighted by atomic mass is 16.3. The zero-order chi connectivity index (χ0) is 17.3. The first-order valence-corrected chi connectivity index (χ1v) is 7.35. The van der Waals surface area contributed by atoms with Gasteiger partial charge in [-0.15, -0.1) is 0 Å². The lowest BCUT2D eigenvalue weighted by Crippen LogP contribution is -2.17. The number of hydrogen-bond donors (Lipinski definition) is 3. The first-order chi connectivity index (χ1) is 11.3. The Morgan fingerprint density at radius 1 is 1.29 bits per heavy atom. The predicted molar refractivity (Wildman–Crippen MR) is 90.6 cm³/mol. The highest BCUT2D eigenvalue weighted by Crippen LogP contribution is 2.23. The summed E-state index contributed by atoms with van der Waals surface area (Å²) in [5, 5.41) is 9.96. The van der Waals surface area contributed by atoms with Crippen molar-refractivity contribution in [2.24, 2.45) is 5.73 Å². The highest BCUT2D eigenvalue weighted by molar-refractivity contribution is 5.93. The van der Waals surface area contributed by atoms with Gasteiger partial charge in [0.25, 0.3) is 0 Å². The van der Waals surface area contributed by atoms with Gasteiger partial charge in [0, 0.05) is 29.6 Å². The Balaban J connectivity index is 2.01. The molecule has 3 aromatic heterocycles. The fourth-order valence-corrected chi connectivity index (χ4v) is 2.26. The summed E-state index contributed by atoms with van der Waals surface area (Å²) in [5.41, 5.74) is 8.10. The minimum absolute atomic E-state index is 0.528. The summed E-state index contributed by atoms with van der Waals surface area (Å²) in [5.74, 6) is -0.528. The van der Waals surface area contributed by atoms with Crippen molar-refractivity contribution in [2.75, 3.05) is 0 Å². The van der Waals surface area contributed by atoms with E-state index in [9.17, 15) is 9.90 Å². The summed E-state index contributed by atoms with van der Waals surface area (Å²) < 4.78 is 0. The third-order valence-corrected chi connectivity index (χ3v) is 3.52. The molecular weight excluding hydrogens is 306 g/mol. The normalized spacial score (nSPS) is 12.1. The van der Waals surface area contributed by atoms with Crippen LogP contribution in [0, 0.1) is 0 Å². The minimum atomic E-state index is -0.998. The van der Waals surface area contributed by atoms with E-state index in [0.717, 1.165) is 11.1 Å². The Labute approximate surface area is 138 Å². The summed E-state index contributed by atoms with van der Waals surface area (Å²) in [4.78, 5) is 27.1. The monoisotopic (exact) mass is 323 g/mol. The molecule has 0 aliphatic carbocycles. The number of hydrogen-bond acceptors (Lipinski definition) is 5. The number of rotatable bonds is 4. The molecule has 0 aromatic carbocycles. The van der Waals surface area contributed by atoms with Crippen LogP contribution in [0.2, 0.25) is 0 Å². The molecule has 0 bridgehead atoms. The van der Waals surface area contributed by atoms with Crippen molar-refractivity contribution in [3.63, 3.8) is 0 Å². The van der Waals surface area contributed by atoms with E-state index in [-0.39, 0.29) is 0 Å². The number of carbonyl (C=O) groups is 1. The first kappa shape index (κ1) is 15.8. The Morgan fingerprint density at radius 2 is 2.08 bits per heavy atom. The smallest absolute Gasteiger partial charge is 0.241 e. The number of carbonyl (C=O) groups excluding carboxylic acids is 1. The summed E-state index contributed by atoms with van der Waals surface area (Å²) >= 11 is 0. The fraction of sp³-hybridized carbons (Fsp3) is 0.176. The number of nitrogens with zero attached hydrogens (tertiary/aromatic N) is 3. The van der Waals surface area contributed by atoms with Gasteiger partial charge in [-0.05, 0) is 32.1 Å². The van der Waals surface area contributed by atoms with E-state index in [1.54, 1.807) is 44.6 Å². The lowest BCUT2D eigenvalue weighted by atomic mass is 10.0. The zero-order valence-electron chi connectivity index (χ0n) is 13.3. The highest BCUT2D eigenvalue weighted by Gasteiger charge is 2.17. The number of nitrogens with two attached hydrogens (primary N) is 1. The summed E-state index contributed by atoms with van der Waals surface area (Å²) in [6, 6.07) is 3.59. The van der Waals surface area contributed by atoms with Crippen LogP contribution in [0.15, 0.2) is 36.8 Å². The van der Waals surface area contributed by atoms with Crippen molar-refractivity contribution in [1.82, 2.24) is 19.9 Å². The van der Waals surface area contributed by atoms with Crippen molar-refractivity contribution in [2.45, 2.75) is 19.4 Å². The third kappa shape index (κ3) is 3.16. The van der Waals surface area contributed by atoms with Gasteiger partial charge >= 0.3 is 0 Å². The standard InChI is InChI=1S/C17H17N5O2/c1-17(2,24)13-5-3-10(7-19-13)12-9-21-16-15(22-12)11(8-20-16)4-6-14(18)23/h3-9,24H,1-2H3,(H2,18,23)(H,20,21). The average molecular weight is 323 g/mol. The van der Waals surface area contributed by atoms with E-state index in [2.05, 4.69) is 19.9 Å². The number of aromatic amines is 1. The zero-order valence-corrected chi connectivity index (χ0v) is 13.3. The predicted octanol–water partition coefficient (Wildman–Crippen LogP) is 1.75. The quantitative estimate of drug-likeness (QED) is 0.632. The fourth-order valence-electron chi connectivity index (χ4n) is 2.26. The van der Waals surface area contributed by atoms with Crippen molar-refractivity contribution in [3.8, 4) is 11.3 Å². The number of H-pyrrole nitrogens is 1. The van der Waals surface area contributed by atoms with E-state index in [1.165, 1.54) is 6.08 Å². The molecule has 3 aromatic rings. The third-order valence-electron chi connectivity index (χ3n) is 3.52. The molecule has 0 saturated heterocycles. The Kier molecular flexibility index (Phi) is 3.86. The number of primary amides is 1. The number of aromatic nitrogens is 4. The maximum Gasteiger partial charge on any atom is 0.241 e. The average Bonchev–Trinajstić information content (AvgIpc) is 2.94. The SMILES string of the molecule is CC(C)(O)c1ccc(-c2cnc3[nH]cc(C=CC(N)=O)c3n2)cn1. The van der Waals surface area contributed by atoms with E-state index in [4.69, 9.17) is 5.73 Å². The van der Waals surface area contributed by atoms with Gasteiger partial charge in [-0.3, -0.25) is 9.78 Å². The molecule has 7 nitrogen and oxygen atoms in total.